The second-order valence-electron chi connectivity index (χ2n) is 4.99. The van der Waals surface area contributed by atoms with Gasteiger partial charge in [0.2, 0.25) is 0 Å². The first-order chi connectivity index (χ1) is 9.88. The average Bonchev–Trinajstić information content (AvgIpc) is 2.56. The van der Waals surface area contributed by atoms with E-state index in [0.717, 1.165) is 30.0 Å². The van der Waals surface area contributed by atoms with Crippen molar-refractivity contribution in [1.29, 1.82) is 5.26 Å². The maximum absolute atomic E-state index is 9.39. The number of pyridine rings is 2. The van der Waals surface area contributed by atoms with Crippen LogP contribution in [0.4, 0.5) is 5.82 Å². The van der Waals surface area contributed by atoms with Crippen molar-refractivity contribution in [1.82, 2.24) is 9.97 Å². The number of hydrogen-bond donors (Lipinski definition) is 0. The van der Waals surface area contributed by atoms with Crippen LogP contribution in [0, 0.1) is 11.3 Å². The van der Waals surface area contributed by atoms with Crippen molar-refractivity contribution in [2.24, 2.45) is 0 Å². The fourth-order valence-corrected chi connectivity index (χ4v) is 2.60. The number of rotatable bonds is 2. The van der Waals surface area contributed by atoms with Gasteiger partial charge in [0.25, 0.3) is 0 Å². The lowest BCUT2D eigenvalue weighted by molar-refractivity contribution is 0.573. The summed E-state index contributed by atoms with van der Waals surface area (Å²) in [6.45, 7) is 1.99. The highest BCUT2D eigenvalue weighted by molar-refractivity contribution is 5.67. The Hall–Kier alpha value is -2.41. The predicted octanol–water partition coefficient (Wildman–Crippen LogP) is 3.01. The number of aromatic nitrogens is 2. The maximum atomic E-state index is 9.39. The van der Waals surface area contributed by atoms with E-state index in [4.69, 9.17) is 0 Å². The summed E-state index contributed by atoms with van der Waals surface area (Å²) in [5.74, 6) is 0.824. The molecule has 0 N–H and O–H groups in total. The molecule has 2 aromatic heterocycles. The van der Waals surface area contributed by atoms with Gasteiger partial charge in [-0.1, -0.05) is 0 Å². The van der Waals surface area contributed by atoms with Crippen molar-refractivity contribution in [3.63, 3.8) is 0 Å². The Kier molecular flexibility index (Phi) is 3.60. The van der Waals surface area contributed by atoms with Crippen molar-refractivity contribution >= 4 is 5.82 Å². The van der Waals surface area contributed by atoms with Crippen LogP contribution in [-0.4, -0.2) is 23.1 Å². The fourth-order valence-electron chi connectivity index (χ4n) is 2.60. The smallest absolute Gasteiger partial charge is 0.146 e. The minimum atomic E-state index is 0.654. The lowest BCUT2D eigenvalue weighted by Gasteiger charge is -2.28. The Morgan fingerprint density at radius 3 is 2.50 bits per heavy atom. The zero-order valence-electron chi connectivity index (χ0n) is 11.3. The standard InChI is InChI=1S/C16H16N4/c17-11-14-10-15(13-4-6-18-7-5-13)12-19-16(14)20-8-2-1-3-9-20/h4-7,10,12H,1-3,8-9H2. The normalized spacial score (nSPS) is 14.8. The van der Waals surface area contributed by atoms with Crippen LogP contribution in [0.5, 0.6) is 0 Å². The van der Waals surface area contributed by atoms with Crippen LogP contribution in [0.25, 0.3) is 11.1 Å². The zero-order chi connectivity index (χ0) is 13.8. The molecule has 0 spiro atoms. The van der Waals surface area contributed by atoms with Crippen molar-refractivity contribution in [3.05, 3.63) is 42.4 Å². The topological polar surface area (TPSA) is 52.8 Å². The van der Waals surface area contributed by atoms with Gasteiger partial charge in [0.1, 0.15) is 11.9 Å². The average molecular weight is 264 g/mol. The third-order valence-corrected chi connectivity index (χ3v) is 3.66. The van der Waals surface area contributed by atoms with Gasteiger partial charge in [-0.3, -0.25) is 4.98 Å². The fraction of sp³-hybridized carbons (Fsp3) is 0.312. The van der Waals surface area contributed by atoms with E-state index in [1.807, 2.05) is 24.4 Å². The Morgan fingerprint density at radius 2 is 1.80 bits per heavy atom. The summed E-state index contributed by atoms with van der Waals surface area (Å²) in [7, 11) is 0. The van der Waals surface area contributed by atoms with Gasteiger partial charge < -0.3 is 4.90 Å². The maximum Gasteiger partial charge on any atom is 0.146 e. The molecule has 0 unspecified atom stereocenters. The van der Waals surface area contributed by atoms with Gasteiger partial charge in [-0.2, -0.15) is 5.26 Å². The Bertz CT molecular complexity index is 625. The predicted molar refractivity (Wildman–Crippen MR) is 78.2 cm³/mol. The third kappa shape index (κ3) is 2.48. The van der Waals surface area contributed by atoms with Crippen molar-refractivity contribution < 1.29 is 0 Å². The van der Waals surface area contributed by atoms with Crippen LogP contribution in [0.1, 0.15) is 24.8 Å². The summed E-state index contributed by atoms with van der Waals surface area (Å²) in [5.41, 5.74) is 2.65. The number of nitriles is 1. The van der Waals surface area contributed by atoms with E-state index in [1.54, 1.807) is 12.4 Å². The molecule has 0 bridgehead atoms. The highest BCUT2D eigenvalue weighted by Crippen LogP contribution is 2.26. The summed E-state index contributed by atoms with van der Waals surface area (Å²) in [6, 6.07) is 8.06. The van der Waals surface area contributed by atoms with Crippen LogP contribution in [0.15, 0.2) is 36.8 Å². The van der Waals surface area contributed by atoms with Crippen LogP contribution >= 0.6 is 0 Å². The van der Waals surface area contributed by atoms with E-state index in [9.17, 15) is 5.26 Å². The highest BCUT2D eigenvalue weighted by Gasteiger charge is 2.16. The quantitative estimate of drug-likeness (QED) is 0.836. The first-order valence-corrected chi connectivity index (χ1v) is 6.94. The second-order valence-corrected chi connectivity index (χ2v) is 4.99. The number of nitrogens with zero attached hydrogens (tertiary/aromatic N) is 4. The van der Waals surface area contributed by atoms with Crippen LogP contribution in [0.2, 0.25) is 0 Å². The first kappa shape index (κ1) is 12.6. The number of piperidine rings is 1. The molecule has 2 aromatic rings. The monoisotopic (exact) mass is 264 g/mol. The number of anilines is 1. The minimum absolute atomic E-state index is 0.654. The second kappa shape index (κ2) is 5.70. The Labute approximate surface area is 118 Å². The molecule has 20 heavy (non-hydrogen) atoms. The molecule has 1 aliphatic heterocycles. The largest absolute Gasteiger partial charge is 0.356 e. The van der Waals surface area contributed by atoms with Crippen LogP contribution in [0.3, 0.4) is 0 Å². The summed E-state index contributed by atoms with van der Waals surface area (Å²) in [5, 5.41) is 9.39. The van der Waals surface area contributed by atoms with E-state index in [0.29, 0.717) is 5.56 Å². The molecule has 0 atom stereocenters. The molecule has 3 rings (SSSR count). The molecule has 1 aliphatic rings. The van der Waals surface area contributed by atoms with Crippen molar-refractivity contribution in [3.8, 4) is 17.2 Å². The van der Waals surface area contributed by atoms with Gasteiger partial charge in [0.05, 0.1) is 5.56 Å². The molecule has 0 aliphatic carbocycles. The van der Waals surface area contributed by atoms with Gasteiger partial charge in [0, 0.05) is 37.2 Å². The Morgan fingerprint density at radius 1 is 1.05 bits per heavy atom. The summed E-state index contributed by atoms with van der Waals surface area (Å²) >= 11 is 0. The van der Waals surface area contributed by atoms with E-state index in [-0.39, 0.29) is 0 Å². The molecule has 3 heterocycles. The van der Waals surface area contributed by atoms with Gasteiger partial charge in [0.15, 0.2) is 0 Å². The molecule has 100 valence electrons. The van der Waals surface area contributed by atoms with Crippen molar-refractivity contribution in [2.75, 3.05) is 18.0 Å². The van der Waals surface area contributed by atoms with Crippen LogP contribution in [-0.2, 0) is 0 Å². The van der Waals surface area contributed by atoms with Gasteiger partial charge >= 0.3 is 0 Å². The third-order valence-electron chi connectivity index (χ3n) is 3.66. The SMILES string of the molecule is N#Cc1cc(-c2ccncc2)cnc1N1CCCCC1. The Balaban J connectivity index is 1.96. The van der Waals surface area contributed by atoms with E-state index in [1.165, 1.54) is 19.3 Å². The van der Waals surface area contributed by atoms with Gasteiger partial charge in [-0.15, -0.1) is 0 Å². The molecule has 1 saturated heterocycles. The van der Waals surface area contributed by atoms with Gasteiger partial charge in [-0.25, -0.2) is 4.98 Å². The molecule has 1 fully saturated rings. The summed E-state index contributed by atoms with van der Waals surface area (Å²) in [4.78, 5) is 10.8. The molecule has 4 nitrogen and oxygen atoms in total. The minimum Gasteiger partial charge on any atom is -0.356 e. The summed E-state index contributed by atoms with van der Waals surface area (Å²) in [6.07, 6.45) is 8.98. The zero-order valence-corrected chi connectivity index (χ0v) is 11.3. The highest BCUT2D eigenvalue weighted by atomic mass is 15.2. The molecule has 0 radical (unpaired) electrons. The van der Waals surface area contributed by atoms with E-state index in [2.05, 4.69) is 20.9 Å². The van der Waals surface area contributed by atoms with E-state index >= 15 is 0 Å². The van der Waals surface area contributed by atoms with Crippen LogP contribution < -0.4 is 4.90 Å². The first-order valence-electron chi connectivity index (χ1n) is 6.94. The van der Waals surface area contributed by atoms with E-state index < -0.39 is 0 Å². The molecule has 0 amide bonds. The summed E-state index contributed by atoms with van der Waals surface area (Å²) < 4.78 is 0. The lowest BCUT2D eigenvalue weighted by atomic mass is 10.1. The van der Waals surface area contributed by atoms with Crippen molar-refractivity contribution in [2.45, 2.75) is 19.3 Å². The molecular weight excluding hydrogens is 248 g/mol. The molecule has 4 heteroatoms. The number of hydrogen-bond acceptors (Lipinski definition) is 4. The molecular formula is C16H16N4. The lowest BCUT2D eigenvalue weighted by Crippen LogP contribution is -2.30. The van der Waals surface area contributed by atoms with Gasteiger partial charge in [-0.05, 0) is 43.0 Å². The molecule has 0 aromatic carbocycles. The molecule has 0 saturated carbocycles.